The van der Waals surface area contributed by atoms with Gasteiger partial charge < -0.3 is 25.0 Å². The maximum atomic E-state index is 5.63. The third kappa shape index (κ3) is 7.96. The van der Waals surface area contributed by atoms with Gasteiger partial charge >= 0.3 is 0 Å². The number of nitrogens with zero attached hydrogens (tertiary/aromatic N) is 2. The normalized spacial score (nSPS) is 19.8. The summed E-state index contributed by atoms with van der Waals surface area (Å²) in [5.41, 5.74) is 0.156. The van der Waals surface area contributed by atoms with Gasteiger partial charge in [0.15, 0.2) is 5.96 Å². The summed E-state index contributed by atoms with van der Waals surface area (Å²) in [4.78, 5) is 6.71. The van der Waals surface area contributed by atoms with Crippen molar-refractivity contribution in [3.05, 3.63) is 0 Å². The lowest BCUT2D eigenvalue weighted by Gasteiger charge is -2.24. The molecule has 130 valence electrons. The number of methoxy groups -OCH3 is 1. The van der Waals surface area contributed by atoms with Gasteiger partial charge in [-0.2, -0.15) is 0 Å². The van der Waals surface area contributed by atoms with Crippen molar-refractivity contribution in [1.82, 2.24) is 15.5 Å². The van der Waals surface area contributed by atoms with Crippen molar-refractivity contribution in [3.63, 3.8) is 0 Å². The van der Waals surface area contributed by atoms with E-state index in [1.165, 1.54) is 0 Å². The maximum Gasteiger partial charge on any atom is 0.193 e. The molecule has 2 N–H and O–H groups in total. The highest BCUT2D eigenvalue weighted by Gasteiger charge is 2.24. The van der Waals surface area contributed by atoms with Crippen LogP contribution in [0.2, 0.25) is 0 Å². The van der Waals surface area contributed by atoms with Gasteiger partial charge in [-0.1, -0.05) is 0 Å². The van der Waals surface area contributed by atoms with Gasteiger partial charge in [-0.15, -0.1) is 0 Å². The number of guanidine groups is 1. The van der Waals surface area contributed by atoms with Crippen LogP contribution in [0.1, 0.15) is 27.2 Å². The van der Waals surface area contributed by atoms with Crippen molar-refractivity contribution in [2.24, 2.45) is 10.9 Å². The number of hydrogen-bond acceptors (Lipinski definition) is 4. The monoisotopic (exact) mass is 314 g/mol. The minimum atomic E-state index is 0.156. The van der Waals surface area contributed by atoms with Gasteiger partial charge in [0.25, 0.3) is 0 Å². The summed E-state index contributed by atoms with van der Waals surface area (Å²) in [7, 11) is 3.55. The maximum absolute atomic E-state index is 5.63. The molecular formula is C16H34N4O2. The van der Waals surface area contributed by atoms with Gasteiger partial charge in [0, 0.05) is 51.8 Å². The van der Waals surface area contributed by atoms with Gasteiger partial charge in [-0.25, -0.2) is 0 Å². The Labute approximate surface area is 135 Å². The molecular weight excluding hydrogens is 280 g/mol. The lowest BCUT2D eigenvalue weighted by Crippen LogP contribution is -2.45. The standard InChI is InChI=1S/C16H34N4O2/c1-16(2,3)19-8-7-18-15(17-4)20-9-6-14(12-20)13-22-11-10-21-5/h14,19H,6-13H2,1-5H3,(H,17,18). The average molecular weight is 314 g/mol. The third-order valence-electron chi connectivity index (χ3n) is 3.65. The molecule has 1 saturated heterocycles. The second kappa shape index (κ2) is 10.0. The Balaban J connectivity index is 2.22. The molecule has 1 aliphatic heterocycles. The lowest BCUT2D eigenvalue weighted by molar-refractivity contribution is 0.0536. The molecule has 1 atom stereocenters. The highest BCUT2D eigenvalue weighted by molar-refractivity contribution is 5.80. The van der Waals surface area contributed by atoms with Crippen molar-refractivity contribution >= 4 is 5.96 Å². The molecule has 0 amide bonds. The number of hydrogen-bond donors (Lipinski definition) is 2. The Morgan fingerprint density at radius 1 is 1.27 bits per heavy atom. The van der Waals surface area contributed by atoms with Crippen LogP contribution in [0, 0.1) is 5.92 Å². The molecule has 1 heterocycles. The predicted octanol–water partition coefficient (Wildman–Crippen LogP) is 0.935. The van der Waals surface area contributed by atoms with E-state index in [1.807, 2.05) is 7.05 Å². The van der Waals surface area contributed by atoms with E-state index in [-0.39, 0.29) is 5.54 Å². The molecule has 0 aliphatic carbocycles. The van der Waals surface area contributed by atoms with E-state index in [9.17, 15) is 0 Å². The summed E-state index contributed by atoms with van der Waals surface area (Å²) in [5, 5.41) is 6.91. The summed E-state index contributed by atoms with van der Waals surface area (Å²) in [6.07, 6.45) is 1.16. The van der Waals surface area contributed by atoms with Crippen LogP contribution in [0.5, 0.6) is 0 Å². The number of rotatable bonds is 8. The van der Waals surface area contributed by atoms with Gasteiger partial charge in [0.1, 0.15) is 0 Å². The average Bonchev–Trinajstić information content (AvgIpc) is 2.91. The Kier molecular flexibility index (Phi) is 8.75. The van der Waals surface area contributed by atoms with Gasteiger partial charge in [0.2, 0.25) is 0 Å². The zero-order chi connectivity index (χ0) is 16.4. The molecule has 1 aliphatic rings. The Hall–Kier alpha value is -0.850. The summed E-state index contributed by atoms with van der Waals surface area (Å²) in [5.74, 6) is 1.58. The highest BCUT2D eigenvalue weighted by atomic mass is 16.5. The van der Waals surface area contributed by atoms with E-state index in [4.69, 9.17) is 9.47 Å². The summed E-state index contributed by atoms with van der Waals surface area (Å²) in [6.45, 7) is 12.6. The third-order valence-corrected chi connectivity index (χ3v) is 3.65. The fourth-order valence-electron chi connectivity index (χ4n) is 2.50. The molecule has 0 aromatic carbocycles. The SMILES string of the molecule is CN=C(NCCNC(C)(C)C)N1CCC(COCCOC)C1. The van der Waals surface area contributed by atoms with Crippen molar-refractivity contribution in [1.29, 1.82) is 0 Å². The first-order valence-electron chi connectivity index (χ1n) is 8.23. The second-order valence-electron chi connectivity index (χ2n) is 6.82. The van der Waals surface area contributed by atoms with E-state index < -0.39 is 0 Å². The smallest absolute Gasteiger partial charge is 0.193 e. The fraction of sp³-hybridized carbons (Fsp3) is 0.938. The molecule has 1 fully saturated rings. The Morgan fingerprint density at radius 2 is 2.05 bits per heavy atom. The zero-order valence-corrected chi connectivity index (χ0v) is 14.9. The van der Waals surface area contributed by atoms with Gasteiger partial charge in [0.05, 0.1) is 19.8 Å². The molecule has 0 bridgehead atoms. The van der Waals surface area contributed by atoms with Crippen molar-refractivity contribution in [2.45, 2.75) is 32.7 Å². The number of aliphatic imine (C=N–C) groups is 1. The van der Waals surface area contributed by atoms with E-state index in [2.05, 4.69) is 41.3 Å². The Morgan fingerprint density at radius 3 is 2.68 bits per heavy atom. The molecule has 6 heteroatoms. The second-order valence-corrected chi connectivity index (χ2v) is 6.82. The number of nitrogens with one attached hydrogen (secondary N) is 2. The van der Waals surface area contributed by atoms with E-state index in [1.54, 1.807) is 7.11 Å². The first-order chi connectivity index (χ1) is 10.5. The summed E-state index contributed by atoms with van der Waals surface area (Å²) >= 11 is 0. The van der Waals surface area contributed by atoms with Crippen LogP contribution in [0.15, 0.2) is 4.99 Å². The molecule has 0 aromatic rings. The molecule has 0 radical (unpaired) electrons. The molecule has 22 heavy (non-hydrogen) atoms. The molecule has 0 aromatic heterocycles. The lowest BCUT2D eigenvalue weighted by atomic mass is 10.1. The molecule has 0 saturated carbocycles. The quantitative estimate of drug-likeness (QED) is 0.397. The zero-order valence-electron chi connectivity index (χ0n) is 14.9. The van der Waals surface area contributed by atoms with Crippen molar-refractivity contribution in [2.75, 3.05) is 60.2 Å². The molecule has 1 rings (SSSR count). The first kappa shape index (κ1) is 19.2. The van der Waals surface area contributed by atoms with E-state index in [0.717, 1.165) is 45.2 Å². The van der Waals surface area contributed by atoms with Gasteiger partial charge in [-0.05, 0) is 27.2 Å². The topological polar surface area (TPSA) is 58.1 Å². The van der Waals surface area contributed by atoms with Gasteiger partial charge in [-0.3, -0.25) is 4.99 Å². The van der Waals surface area contributed by atoms with Crippen LogP contribution < -0.4 is 10.6 Å². The minimum Gasteiger partial charge on any atom is -0.382 e. The summed E-state index contributed by atoms with van der Waals surface area (Å²) < 4.78 is 10.6. The van der Waals surface area contributed by atoms with Crippen LogP contribution in [0.25, 0.3) is 0 Å². The summed E-state index contributed by atoms with van der Waals surface area (Å²) in [6, 6.07) is 0. The van der Waals surface area contributed by atoms with E-state index >= 15 is 0 Å². The number of ether oxygens (including phenoxy) is 2. The largest absolute Gasteiger partial charge is 0.382 e. The van der Waals surface area contributed by atoms with Crippen molar-refractivity contribution in [3.8, 4) is 0 Å². The number of likely N-dealkylation sites (tertiary alicyclic amines) is 1. The highest BCUT2D eigenvalue weighted by Crippen LogP contribution is 2.16. The Bertz CT molecular complexity index is 329. The van der Waals surface area contributed by atoms with E-state index in [0.29, 0.717) is 19.1 Å². The minimum absolute atomic E-state index is 0.156. The van der Waals surface area contributed by atoms with Crippen LogP contribution in [-0.2, 0) is 9.47 Å². The molecule has 1 unspecified atom stereocenters. The van der Waals surface area contributed by atoms with Crippen LogP contribution in [-0.4, -0.2) is 76.6 Å². The fourth-order valence-corrected chi connectivity index (χ4v) is 2.50. The molecule has 6 nitrogen and oxygen atoms in total. The van der Waals surface area contributed by atoms with Crippen LogP contribution in [0.3, 0.4) is 0 Å². The first-order valence-corrected chi connectivity index (χ1v) is 8.23. The predicted molar refractivity (Wildman–Crippen MR) is 91.5 cm³/mol. The van der Waals surface area contributed by atoms with Crippen LogP contribution in [0.4, 0.5) is 0 Å². The van der Waals surface area contributed by atoms with Crippen molar-refractivity contribution < 1.29 is 9.47 Å². The molecule has 0 spiro atoms. The van der Waals surface area contributed by atoms with Crippen LogP contribution >= 0.6 is 0 Å².